The van der Waals surface area contributed by atoms with E-state index in [1.54, 1.807) is 0 Å². The molecule has 2 N–H and O–H groups in total. The number of aliphatic imine (C=N–C) groups is 1. The quantitative estimate of drug-likeness (QED) is 0.537. The van der Waals surface area contributed by atoms with E-state index in [9.17, 15) is 14.3 Å². The number of benzene rings is 2. The van der Waals surface area contributed by atoms with Crippen molar-refractivity contribution in [1.29, 1.82) is 0 Å². The fourth-order valence-corrected chi connectivity index (χ4v) is 2.59. The predicted molar refractivity (Wildman–Crippen MR) is 102 cm³/mol. The molecule has 0 aliphatic rings. The van der Waals surface area contributed by atoms with E-state index in [4.69, 9.17) is 12.2 Å². The van der Waals surface area contributed by atoms with Gasteiger partial charge in [-0.1, -0.05) is 18.2 Å². The van der Waals surface area contributed by atoms with Crippen molar-refractivity contribution in [2.24, 2.45) is 4.99 Å². The van der Waals surface area contributed by atoms with Crippen LogP contribution in [0.25, 0.3) is 11.8 Å². The standard InChI is InChI=1S/C19H14FN3O2S/c20-13-8-10-15(11-9-13)23-18(25)16(17(24)22-19(23)26)7-4-12-21-14-5-2-1-3-6-14/h1-12,25H,(H,22,24,26)/b7-4+,21-12?. The fourth-order valence-electron chi connectivity index (χ4n) is 2.30. The first-order chi connectivity index (χ1) is 12.6. The normalized spacial score (nSPS) is 11.4. The lowest BCUT2D eigenvalue weighted by Crippen LogP contribution is -2.15. The van der Waals surface area contributed by atoms with Crippen molar-refractivity contribution in [2.75, 3.05) is 0 Å². The molecule has 2 aromatic carbocycles. The number of aromatic nitrogens is 2. The maximum absolute atomic E-state index is 13.1. The SMILES string of the molecule is O=c1[nH]c(=S)n(-c2ccc(F)cc2)c(O)c1/C=C/C=Nc1ccccc1. The number of aromatic hydroxyl groups is 1. The van der Waals surface area contributed by atoms with Crippen molar-refractivity contribution in [3.63, 3.8) is 0 Å². The Balaban J connectivity index is 1.97. The highest BCUT2D eigenvalue weighted by Gasteiger charge is 2.11. The summed E-state index contributed by atoms with van der Waals surface area (Å²) in [6, 6.07) is 14.7. The first kappa shape index (κ1) is 17.5. The fraction of sp³-hybridized carbons (Fsp3) is 0. The molecule has 3 rings (SSSR count). The molecule has 0 spiro atoms. The molecule has 0 radical (unpaired) electrons. The highest BCUT2D eigenvalue weighted by Crippen LogP contribution is 2.20. The molecule has 5 nitrogen and oxygen atoms in total. The van der Waals surface area contributed by atoms with Crippen molar-refractivity contribution in [1.82, 2.24) is 9.55 Å². The predicted octanol–water partition coefficient (Wildman–Crippen LogP) is 4.16. The van der Waals surface area contributed by atoms with Gasteiger partial charge in [-0.2, -0.15) is 0 Å². The average Bonchev–Trinajstić information content (AvgIpc) is 2.63. The molecule has 3 aromatic rings. The van der Waals surface area contributed by atoms with Gasteiger partial charge in [-0.05, 0) is 60.8 Å². The lowest BCUT2D eigenvalue weighted by Gasteiger charge is -2.11. The van der Waals surface area contributed by atoms with E-state index in [2.05, 4.69) is 9.98 Å². The van der Waals surface area contributed by atoms with Crippen LogP contribution in [0.2, 0.25) is 0 Å². The van der Waals surface area contributed by atoms with Crippen LogP contribution < -0.4 is 5.56 Å². The number of aromatic amines is 1. The van der Waals surface area contributed by atoms with Gasteiger partial charge in [-0.25, -0.2) is 4.39 Å². The van der Waals surface area contributed by atoms with Gasteiger partial charge in [0.1, 0.15) is 11.4 Å². The highest BCUT2D eigenvalue weighted by molar-refractivity contribution is 7.71. The lowest BCUT2D eigenvalue weighted by atomic mass is 10.2. The van der Waals surface area contributed by atoms with Gasteiger partial charge < -0.3 is 5.11 Å². The van der Waals surface area contributed by atoms with E-state index in [1.807, 2.05) is 30.3 Å². The van der Waals surface area contributed by atoms with Crippen LogP contribution in [0, 0.1) is 10.6 Å². The summed E-state index contributed by atoms with van der Waals surface area (Å²) in [5.41, 5.74) is 0.674. The molecule has 0 amide bonds. The third-order valence-corrected chi connectivity index (χ3v) is 3.82. The first-order valence-corrected chi connectivity index (χ1v) is 8.07. The molecule has 0 aliphatic heterocycles. The molecular weight excluding hydrogens is 353 g/mol. The van der Waals surface area contributed by atoms with Crippen LogP contribution in [0.1, 0.15) is 5.56 Å². The zero-order chi connectivity index (χ0) is 18.5. The van der Waals surface area contributed by atoms with Crippen molar-refractivity contribution in [3.05, 3.63) is 87.2 Å². The number of hydrogen-bond donors (Lipinski definition) is 2. The zero-order valence-corrected chi connectivity index (χ0v) is 14.3. The molecule has 130 valence electrons. The Labute approximate surface area is 153 Å². The smallest absolute Gasteiger partial charge is 0.262 e. The Kier molecular flexibility index (Phi) is 5.19. The van der Waals surface area contributed by atoms with Crippen molar-refractivity contribution in [2.45, 2.75) is 0 Å². The summed E-state index contributed by atoms with van der Waals surface area (Å²) in [7, 11) is 0. The van der Waals surface area contributed by atoms with Crippen molar-refractivity contribution < 1.29 is 9.50 Å². The summed E-state index contributed by atoms with van der Waals surface area (Å²) < 4.78 is 14.4. The number of nitrogens with zero attached hydrogens (tertiary/aromatic N) is 2. The Morgan fingerprint density at radius 2 is 1.81 bits per heavy atom. The van der Waals surface area contributed by atoms with Crippen LogP contribution in [0.5, 0.6) is 5.88 Å². The molecule has 0 aliphatic carbocycles. The Hall–Kier alpha value is -3.32. The molecule has 0 saturated carbocycles. The summed E-state index contributed by atoms with van der Waals surface area (Å²) in [5, 5.41) is 10.5. The van der Waals surface area contributed by atoms with E-state index in [1.165, 1.54) is 47.2 Å². The van der Waals surface area contributed by atoms with E-state index in [0.29, 0.717) is 5.69 Å². The monoisotopic (exact) mass is 367 g/mol. The molecule has 0 saturated heterocycles. The van der Waals surface area contributed by atoms with E-state index >= 15 is 0 Å². The maximum atomic E-state index is 13.1. The summed E-state index contributed by atoms with van der Waals surface area (Å²) in [5.74, 6) is -0.754. The average molecular weight is 367 g/mol. The maximum Gasteiger partial charge on any atom is 0.262 e. The number of hydrogen-bond acceptors (Lipinski definition) is 4. The third-order valence-electron chi connectivity index (χ3n) is 3.53. The molecule has 0 fully saturated rings. The van der Waals surface area contributed by atoms with E-state index in [-0.39, 0.29) is 16.2 Å². The second-order valence-corrected chi connectivity index (χ2v) is 5.67. The summed E-state index contributed by atoms with van der Waals surface area (Å²) in [6.07, 6.45) is 4.47. The van der Waals surface area contributed by atoms with Crippen molar-refractivity contribution in [3.8, 4) is 11.6 Å². The minimum Gasteiger partial charge on any atom is -0.494 e. The van der Waals surface area contributed by atoms with E-state index in [0.717, 1.165) is 5.69 Å². The van der Waals surface area contributed by atoms with Gasteiger partial charge in [0.15, 0.2) is 4.77 Å². The summed E-state index contributed by atoms with van der Waals surface area (Å²) in [4.78, 5) is 18.8. The van der Waals surface area contributed by atoms with Gasteiger partial charge in [-0.15, -0.1) is 0 Å². The Morgan fingerprint density at radius 1 is 1.12 bits per heavy atom. The number of halogens is 1. The van der Waals surface area contributed by atoms with Gasteiger partial charge >= 0.3 is 0 Å². The minimum absolute atomic E-state index is 0.00853. The molecule has 0 unspecified atom stereocenters. The van der Waals surface area contributed by atoms with Gasteiger partial charge in [0.25, 0.3) is 5.56 Å². The highest BCUT2D eigenvalue weighted by atomic mass is 32.1. The van der Waals surface area contributed by atoms with Crippen LogP contribution in [-0.2, 0) is 0 Å². The first-order valence-electron chi connectivity index (χ1n) is 7.66. The molecule has 26 heavy (non-hydrogen) atoms. The second-order valence-electron chi connectivity index (χ2n) is 5.28. The van der Waals surface area contributed by atoms with Gasteiger partial charge in [0.2, 0.25) is 5.88 Å². The summed E-state index contributed by atoms with van der Waals surface area (Å²) >= 11 is 5.10. The van der Waals surface area contributed by atoms with Crippen LogP contribution >= 0.6 is 12.2 Å². The summed E-state index contributed by atoms with van der Waals surface area (Å²) in [6.45, 7) is 0. The number of rotatable bonds is 4. The molecule has 0 bridgehead atoms. The van der Waals surface area contributed by atoms with Gasteiger partial charge in [-0.3, -0.25) is 19.3 Å². The zero-order valence-electron chi connectivity index (χ0n) is 13.5. The Bertz CT molecular complexity index is 1080. The molecule has 1 aromatic heterocycles. The largest absolute Gasteiger partial charge is 0.494 e. The van der Waals surface area contributed by atoms with Crippen LogP contribution in [0.4, 0.5) is 10.1 Å². The lowest BCUT2D eigenvalue weighted by molar-refractivity contribution is 0.432. The number of para-hydroxylation sites is 1. The van der Waals surface area contributed by atoms with Crippen LogP contribution in [0.3, 0.4) is 0 Å². The molecular formula is C19H14FN3O2S. The second kappa shape index (κ2) is 7.71. The topological polar surface area (TPSA) is 70.4 Å². The van der Waals surface area contributed by atoms with Crippen LogP contribution in [-0.4, -0.2) is 20.9 Å². The number of H-pyrrole nitrogens is 1. The number of allylic oxidation sites excluding steroid dienone is 1. The molecule has 1 heterocycles. The molecule has 7 heteroatoms. The van der Waals surface area contributed by atoms with Crippen LogP contribution in [0.15, 0.2) is 70.5 Å². The van der Waals surface area contributed by atoms with Gasteiger partial charge in [0.05, 0.1) is 11.4 Å². The molecule has 0 atom stereocenters. The van der Waals surface area contributed by atoms with E-state index < -0.39 is 11.4 Å². The van der Waals surface area contributed by atoms with Crippen molar-refractivity contribution >= 4 is 30.2 Å². The van der Waals surface area contributed by atoms with Gasteiger partial charge in [0, 0.05) is 6.21 Å². The third kappa shape index (κ3) is 3.84. The number of nitrogens with one attached hydrogen (secondary N) is 1. The minimum atomic E-state index is -0.532. The Morgan fingerprint density at radius 3 is 2.50 bits per heavy atom.